The van der Waals surface area contributed by atoms with Crippen LogP contribution in [0.2, 0.25) is 0 Å². The van der Waals surface area contributed by atoms with E-state index in [9.17, 15) is 24.0 Å². The quantitative estimate of drug-likeness (QED) is 0.410. The fraction of sp³-hybridized carbons (Fsp3) is 0.267. The first-order valence-electron chi connectivity index (χ1n) is 7.04. The average molecular weight is 334 g/mol. The highest BCUT2D eigenvalue weighted by molar-refractivity contribution is 6.36. The monoisotopic (exact) mass is 334 g/mol. The molecule has 24 heavy (non-hydrogen) atoms. The van der Waals surface area contributed by atoms with Crippen LogP contribution in [0.1, 0.15) is 17.3 Å². The number of hydrogen-bond donors (Lipinski definition) is 4. The minimum Gasteiger partial charge on any atom is -0.363 e. The molecule has 0 aliphatic rings. The molecule has 0 aliphatic heterocycles. The fourth-order valence-electron chi connectivity index (χ4n) is 1.62. The Kier molecular flexibility index (Phi) is 7.08. The third-order valence-electron chi connectivity index (χ3n) is 2.91. The molecule has 5 N–H and O–H groups in total. The number of Topliss-reactive ketones (excluding diaryl/α,β-unsaturated/α-hetero) is 1. The Balaban J connectivity index is 2.36. The molecule has 0 spiro atoms. The summed E-state index contributed by atoms with van der Waals surface area (Å²) in [4.78, 5) is 56.6. The van der Waals surface area contributed by atoms with Gasteiger partial charge in [-0.15, -0.1) is 0 Å². The maximum Gasteiger partial charge on any atom is 0.286 e. The van der Waals surface area contributed by atoms with E-state index >= 15 is 0 Å². The van der Waals surface area contributed by atoms with Gasteiger partial charge >= 0.3 is 0 Å². The van der Waals surface area contributed by atoms with Crippen molar-refractivity contribution in [3.05, 3.63) is 35.9 Å². The molecule has 0 aromatic heterocycles. The van der Waals surface area contributed by atoms with Crippen molar-refractivity contribution in [3.8, 4) is 0 Å². The van der Waals surface area contributed by atoms with Gasteiger partial charge in [0.25, 0.3) is 11.8 Å². The summed E-state index contributed by atoms with van der Waals surface area (Å²) in [5.41, 5.74) is 5.15. The van der Waals surface area contributed by atoms with Gasteiger partial charge in [0.2, 0.25) is 17.6 Å². The smallest absolute Gasteiger partial charge is 0.286 e. The second-order valence-corrected chi connectivity index (χ2v) is 4.84. The number of nitrogens with one attached hydrogen (secondary N) is 3. The number of carbonyl (C=O) groups is 5. The van der Waals surface area contributed by atoms with E-state index in [0.29, 0.717) is 5.56 Å². The van der Waals surface area contributed by atoms with E-state index in [1.54, 1.807) is 30.3 Å². The first-order valence-corrected chi connectivity index (χ1v) is 7.04. The molecule has 0 bridgehead atoms. The Morgan fingerprint density at radius 3 is 2.21 bits per heavy atom. The van der Waals surface area contributed by atoms with Crippen LogP contribution in [-0.2, 0) is 19.2 Å². The van der Waals surface area contributed by atoms with Crippen molar-refractivity contribution >= 4 is 29.4 Å². The minimum atomic E-state index is -1.16. The molecule has 1 atom stereocenters. The van der Waals surface area contributed by atoms with Gasteiger partial charge in [-0.3, -0.25) is 24.0 Å². The predicted octanol–water partition coefficient (Wildman–Crippen LogP) is -1.91. The Morgan fingerprint density at radius 1 is 1.00 bits per heavy atom. The molecule has 128 valence electrons. The van der Waals surface area contributed by atoms with E-state index in [1.807, 2.05) is 0 Å². The summed E-state index contributed by atoms with van der Waals surface area (Å²) >= 11 is 0. The number of nitrogens with two attached hydrogens (primary N) is 1. The van der Waals surface area contributed by atoms with Crippen molar-refractivity contribution in [1.29, 1.82) is 0 Å². The Bertz CT molecular complexity index is 645. The van der Waals surface area contributed by atoms with Crippen LogP contribution in [0.3, 0.4) is 0 Å². The topological polar surface area (TPSA) is 147 Å². The third kappa shape index (κ3) is 6.26. The van der Waals surface area contributed by atoms with Gasteiger partial charge in [0.15, 0.2) is 0 Å². The second-order valence-electron chi connectivity index (χ2n) is 4.84. The van der Waals surface area contributed by atoms with E-state index in [1.165, 1.54) is 6.92 Å². The Hall–Kier alpha value is -3.23. The van der Waals surface area contributed by atoms with Gasteiger partial charge in [-0.05, 0) is 19.1 Å². The SMILES string of the molecule is C[C@H](NC(=O)CNC(=O)c1ccccc1)C(=O)NCC(=O)C(N)=O. The number of primary amides is 1. The van der Waals surface area contributed by atoms with Crippen molar-refractivity contribution in [3.63, 3.8) is 0 Å². The average Bonchev–Trinajstić information content (AvgIpc) is 2.57. The van der Waals surface area contributed by atoms with Crippen LogP contribution >= 0.6 is 0 Å². The number of ketones is 1. The fourth-order valence-corrected chi connectivity index (χ4v) is 1.62. The summed E-state index contributed by atoms with van der Waals surface area (Å²) in [6, 6.07) is 7.38. The molecule has 4 amide bonds. The molecule has 0 aliphatic carbocycles. The first kappa shape index (κ1) is 18.8. The summed E-state index contributed by atoms with van der Waals surface area (Å²) in [5, 5.41) is 6.92. The number of hydrogen-bond acceptors (Lipinski definition) is 5. The van der Waals surface area contributed by atoms with Crippen molar-refractivity contribution < 1.29 is 24.0 Å². The Labute approximate surface area is 138 Å². The van der Waals surface area contributed by atoms with Crippen molar-refractivity contribution in [2.24, 2.45) is 5.73 Å². The van der Waals surface area contributed by atoms with Crippen LogP contribution in [0.15, 0.2) is 30.3 Å². The van der Waals surface area contributed by atoms with Crippen molar-refractivity contribution in [2.45, 2.75) is 13.0 Å². The van der Waals surface area contributed by atoms with Gasteiger partial charge in [0.1, 0.15) is 6.04 Å². The normalized spacial score (nSPS) is 11.0. The molecular formula is C15H18N4O5. The molecule has 1 aromatic carbocycles. The van der Waals surface area contributed by atoms with Gasteiger partial charge in [-0.25, -0.2) is 0 Å². The lowest BCUT2D eigenvalue weighted by Crippen LogP contribution is -2.49. The van der Waals surface area contributed by atoms with Crippen LogP contribution in [0, 0.1) is 0 Å². The molecule has 9 nitrogen and oxygen atoms in total. The van der Waals surface area contributed by atoms with Gasteiger partial charge in [-0.2, -0.15) is 0 Å². The highest BCUT2D eigenvalue weighted by atomic mass is 16.2. The van der Waals surface area contributed by atoms with E-state index in [4.69, 9.17) is 5.73 Å². The van der Waals surface area contributed by atoms with Crippen molar-refractivity contribution in [2.75, 3.05) is 13.1 Å². The second kappa shape index (κ2) is 9.03. The zero-order valence-electron chi connectivity index (χ0n) is 13.0. The van der Waals surface area contributed by atoms with Crippen LogP contribution in [-0.4, -0.2) is 48.5 Å². The summed E-state index contributed by atoms with van der Waals surface area (Å²) in [6.45, 7) is 0.533. The molecule has 0 radical (unpaired) electrons. The predicted molar refractivity (Wildman–Crippen MR) is 83.6 cm³/mol. The van der Waals surface area contributed by atoms with Gasteiger partial charge in [0, 0.05) is 5.56 Å². The number of carbonyl (C=O) groups excluding carboxylic acids is 5. The summed E-state index contributed by atoms with van der Waals surface area (Å²) in [7, 11) is 0. The molecule has 0 fully saturated rings. The summed E-state index contributed by atoms with van der Waals surface area (Å²) in [5.74, 6) is -3.77. The Morgan fingerprint density at radius 2 is 1.62 bits per heavy atom. The van der Waals surface area contributed by atoms with Gasteiger partial charge in [0.05, 0.1) is 13.1 Å². The summed E-state index contributed by atoms with van der Waals surface area (Å²) in [6.07, 6.45) is 0. The maximum absolute atomic E-state index is 11.8. The zero-order valence-corrected chi connectivity index (χ0v) is 13.0. The lowest BCUT2D eigenvalue weighted by molar-refractivity contribution is -0.136. The van der Waals surface area contributed by atoms with E-state index in [0.717, 1.165) is 0 Å². The number of rotatable bonds is 8. The standard InChI is InChI=1S/C15H18N4O5/c1-9(14(23)17-7-11(20)13(16)22)19-12(21)8-18-15(24)10-5-3-2-4-6-10/h2-6,9H,7-8H2,1H3,(H2,16,22)(H,17,23)(H,18,24)(H,19,21)/t9-/m0/s1. The molecule has 0 saturated carbocycles. The first-order chi connectivity index (χ1) is 11.3. The van der Waals surface area contributed by atoms with Crippen LogP contribution in [0.4, 0.5) is 0 Å². The van der Waals surface area contributed by atoms with E-state index in [2.05, 4.69) is 16.0 Å². The van der Waals surface area contributed by atoms with E-state index < -0.39 is 42.0 Å². The molecule has 1 aromatic rings. The maximum atomic E-state index is 11.8. The van der Waals surface area contributed by atoms with Crippen LogP contribution in [0.5, 0.6) is 0 Å². The van der Waals surface area contributed by atoms with Gasteiger partial charge in [-0.1, -0.05) is 18.2 Å². The van der Waals surface area contributed by atoms with Crippen LogP contribution < -0.4 is 21.7 Å². The van der Waals surface area contributed by atoms with Gasteiger partial charge < -0.3 is 21.7 Å². The molecular weight excluding hydrogens is 316 g/mol. The molecule has 9 heteroatoms. The molecule has 0 unspecified atom stereocenters. The molecule has 0 heterocycles. The highest BCUT2D eigenvalue weighted by Gasteiger charge is 2.18. The van der Waals surface area contributed by atoms with Crippen LogP contribution in [0.25, 0.3) is 0 Å². The lowest BCUT2D eigenvalue weighted by Gasteiger charge is -2.14. The molecule has 0 saturated heterocycles. The lowest BCUT2D eigenvalue weighted by atomic mass is 10.2. The summed E-state index contributed by atoms with van der Waals surface area (Å²) < 4.78 is 0. The number of amides is 4. The third-order valence-corrected chi connectivity index (χ3v) is 2.91. The minimum absolute atomic E-state index is 0.314. The zero-order chi connectivity index (χ0) is 18.1. The van der Waals surface area contributed by atoms with Crippen molar-refractivity contribution in [1.82, 2.24) is 16.0 Å². The number of benzene rings is 1. The molecule has 1 rings (SSSR count). The van der Waals surface area contributed by atoms with E-state index in [-0.39, 0.29) is 6.54 Å². The highest BCUT2D eigenvalue weighted by Crippen LogP contribution is 1.97. The largest absolute Gasteiger partial charge is 0.363 e.